The average molecular weight is 293 g/mol. The van der Waals surface area contributed by atoms with Gasteiger partial charge in [-0.2, -0.15) is 0 Å². The highest BCUT2D eigenvalue weighted by Crippen LogP contribution is 2.27. The van der Waals surface area contributed by atoms with E-state index < -0.39 is 10.0 Å². The Kier molecular flexibility index (Phi) is 3.80. The molecule has 0 aliphatic rings. The Hall–Kier alpha value is -2.28. The van der Waals surface area contributed by atoms with Gasteiger partial charge in [0.25, 0.3) is 10.0 Å². The summed E-state index contributed by atoms with van der Waals surface area (Å²) in [5.41, 5.74) is 7.29. The second-order valence-electron chi connectivity index (χ2n) is 4.27. The van der Waals surface area contributed by atoms with Crippen LogP contribution in [0.2, 0.25) is 0 Å². The number of aryl methyl sites for hydroxylation is 1. The highest BCUT2D eigenvalue weighted by Gasteiger charge is 2.19. The van der Waals surface area contributed by atoms with Crippen LogP contribution >= 0.6 is 0 Å². The van der Waals surface area contributed by atoms with Crippen LogP contribution in [0.4, 0.5) is 11.4 Å². The Balaban J connectivity index is 2.40. The first-order valence-electron chi connectivity index (χ1n) is 5.80. The molecule has 0 radical (unpaired) electrons. The number of methoxy groups -OCH3 is 1. The number of aromatic nitrogens is 1. The van der Waals surface area contributed by atoms with Gasteiger partial charge in [-0.1, -0.05) is 0 Å². The van der Waals surface area contributed by atoms with Crippen LogP contribution < -0.4 is 15.2 Å². The van der Waals surface area contributed by atoms with Crippen molar-refractivity contribution >= 4 is 21.4 Å². The maximum atomic E-state index is 12.3. The van der Waals surface area contributed by atoms with Gasteiger partial charge < -0.3 is 10.5 Å². The van der Waals surface area contributed by atoms with Crippen molar-refractivity contribution in [3.05, 3.63) is 42.2 Å². The number of nitrogens with one attached hydrogen (secondary N) is 1. The van der Waals surface area contributed by atoms with Crippen LogP contribution in [0, 0.1) is 6.92 Å². The summed E-state index contributed by atoms with van der Waals surface area (Å²) < 4.78 is 32.2. The molecule has 0 saturated carbocycles. The van der Waals surface area contributed by atoms with E-state index in [1.165, 1.54) is 31.5 Å². The topological polar surface area (TPSA) is 94.3 Å². The Morgan fingerprint density at radius 1 is 1.25 bits per heavy atom. The fraction of sp³-hybridized carbons (Fsp3) is 0.154. The Bertz CT molecular complexity index is 729. The summed E-state index contributed by atoms with van der Waals surface area (Å²) in [6, 6.07) is 6.06. The van der Waals surface area contributed by atoms with E-state index in [4.69, 9.17) is 10.5 Å². The van der Waals surface area contributed by atoms with Gasteiger partial charge in [-0.25, -0.2) is 8.42 Å². The quantitative estimate of drug-likeness (QED) is 0.838. The van der Waals surface area contributed by atoms with Gasteiger partial charge in [-0.3, -0.25) is 9.71 Å². The molecular formula is C13H15N3O3S. The third-order valence-electron chi connectivity index (χ3n) is 2.60. The van der Waals surface area contributed by atoms with Gasteiger partial charge in [-0.15, -0.1) is 0 Å². The van der Waals surface area contributed by atoms with Crippen LogP contribution in [-0.2, 0) is 10.0 Å². The SMILES string of the molecule is COc1cc(N)ccc1S(=O)(=O)Nc1cncc(C)c1. The number of hydrogen-bond acceptors (Lipinski definition) is 5. The van der Waals surface area contributed by atoms with Gasteiger partial charge in [-0.05, 0) is 30.7 Å². The minimum absolute atomic E-state index is 0.0238. The number of hydrogen-bond donors (Lipinski definition) is 2. The van der Waals surface area contributed by atoms with Gasteiger partial charge >= 0.3 is 0 Å². The van der Waals surface area contributed by atoms with E-state index in [0.717, 1.165) is 5.56 Å². The molecule has 2 aromatic rings. The largest absolute Gasteiger partial charge is 0.495 e. The number of nitrogen functional groups attached to an aromatic ring is 1. The molecule has 0 saturated heterocycles. The molecule has 1 aromatic heterocycles. The molecule has 106 valence electrons. The van der Waals surface area contributed by atoms with Gasteiger partial charge in [0.05, 0.1) is 19.0 Å². The van der Waals surface area contributed by atoms with Gasteiger partial charge in [0.15, 0.2) is 0 Å². The Labute approximate surface area is 117 Å². The lowest BCUT2D eigenvalue weighted by atomic mass is 10.3. The van der Waals surface area contributed by atoms with Crippen molar-refractivity contribution in [1.82, 2.24) is 4.98 Å². The van der Waals surface area contributed by atoms with E-state index in [0.29, 0.717) is 11.4 Å². The van der Waals surface area contributed by atoms with Crippen LogP contribution in [0.3, 0.4) is 0 Å². The number of rotatable bonds is 4. The number of anilines is 2. The van der Waals surface area contributed by atoms with Crippen molar-refractivity contribution in [2.75, 3.05) is 17.6 Å². The molecule has 0 aliphatic carbocycles. The number of nitrogens with two attached hydrogens (primary N) is 1. The molecule has 0 fully saturated rings. The van der Waals surface area contributed by atoms with E-state index >= 15 is 0 Å². The first-order valence-corrected chi connectivity index (χ1v) is 7.28. The smallest absolute Gasteiger partial charge is 0.265 e. The Morgan fingerprint density at radius 2 is 2.00 bits per heavy atom. The molecule has 0 amide bonds. The van der Waals surface area contributed by atoms with E-state index in [2.05, 4.69) is 9.71 Å². The average Bonchev–Trinajstić information content (AvgIpc) is 2.37. The third kappa shape index (κ3) is 3.00. The number of pyridine rings is 1. The first kappa shape index (κ1) is 14.1. The van der Waals surface area contributed by atoms with Crippen LogP contribution in [-0.4, -0.2) is 20.5 Å². The first-order chi connectivity index (χ1) is 9.42. The maximum absolute atomic E-state index is 12.3. The van der Waals surface area contributed by atoms with Crippen molar-refractivity contribution in [2.45, 2.75) is 11.8 Å². The zero-order valence-corrected chi connectivity index (χ0v) is 11.9. The zero-order chi connectivity index (χ0) is 14.8. The summed E-state index contributed by atoms with van der Waals surface area (Å²) in [4.78, 5) is 3.96. The molecule has 6 nitrogen and oxygen atoms in total. The predicted molar refractivity (Wildman–Crippen MR) is 77.2 cm³/mol. The highest BCUT2D eigenvalue weighted by atomic mass is 32.2. The minimum Gasteiger partial charge on any atom is -0.495 e. The predicted octanol–water partition coefficient (Wildman–Crippen LogP) is 1.78. The van der Waals surface area contributed by atoms with Gasteiger partial charge in [0, 0.05) is 18.0 Å². The lowest BCUT2D eigenvalue weighted by Crippen LogP contribution is -2.14. The second kappa shape index (κ2) is 5.38. The normalized spacial score (nSPS) is 11.1. The summed E-state index contributed by atoms with van der Waals surface area (Å²) in [5.74, 6) is 0.193. The molecule has 0 unspecified atom stereocenters. The van der Waals surface area contributed by atoms with Crippen LogP contribution in [0.5, 0.6) is 5.75 Å². The van der Waals surface area contributed by atoms with E-state index in [1.807, 2.05) is 6.92 Å². The number of ether oxygens (including phenoxy) is 1. The molecule has 3 N–H and O–H groups in total. The van der Waals surface area contributed by atoms with E-state index in [9.17, 15) is 8.42 Å². The molecule has 1 heterocycles. The van der Waals surface area contributed by atoms with E-state index in [1.54, 1.807) is 12.3 Å². The van der Waals surface area contributed by atoms with Crippen LogP contribution in [0.25, 0.3) is 0 Å². The van der Waals surface area contributed by atoms with Crippen LogP contribution in [0.15, 0.2) is 41.6 Å². The molecule has 0 atom stereocenters. The summed E-state index contributed by atoms with van der Waals surface area (Å²) in [7, 11) is -2.37. The summed E-state index contributed by atoms with van der Waals surface area (Å²) in [5, 5.41) is 0. The summed E-state index contributed by atoms with van der Waals surface area (Å²) >= 11 is 0. The molecule has 20 heavy (non-hydrogen) atoms. The minimum atomic E-state index is -3.76. The zero-order valence-electron chi connectivity index (χ0n) is 11.1. The monoisotopic (exact) mass is 293 g/mol. The lowest BCUT2D eigenvalue weighted by molar-refractivity contribution is 0.403. The molecule has 0 spiro atoms. The number of sulfonamides is 1. The fourth-order valence-corrected chi connectivity index (χ4v) is 2.91. The third-order valence-corrected chi connectivity index (χ3v) is 4.03. The molecule has 0 aliphatic heterocycles. The second-order valence-corrected chi connectivity index (χ2v) is 5.92. The van der Waals surface area contributed by atoms with Gasteiger partial charge in [0.2, 0.25) is 0 Å². The van der Waals surface area contributed by atoms with Crippen molar-refractivity contribution in [3.8, 4) is 5.75 Å². The molecule has 2 rings (SSSR count). The molecular weight excluding hydrogens is 278 g/mol. The van der Waals surface area contributed by atoms with E-state index in [-0.39, 0.29) is 10.6 Å². The fourth-order valence-electron chi connectivity index (χ4n) is 1.73. The standard InChI is InChI=1S/C13H15N3O3S/c1-9-5-11(8-15-7-9)16-20(17,18)13-4-3-10(14)6-12(13)19-2/h3-8,16H,14H2,1-2H3. The Morgan fingerprint density at radius 3 is 2.65 bits per heavy atom. The maximum Gasteiger partial charge on any atom is 0.265 e. The summed E-state index contributed by atoms with van der Waals surface area (Å²) in [6.45, 7) is 1.83. The number of benzene rings is 1. The van der Waals surface area contributed by atoms with Crippen molar-refractivity contribution < 1.29 is 13.2 Å². The molecule has 1 aromatic carbocycles. The van der Waals surface area contributed by atoms with Crippen LogP contribution in [0.1, 0.15) is 5.56 Å². The number of nitrogens with zero attached hydrogens (tertiary/aromatic N) is 1. The molecule has 0 bridgehead atoms. The van der Waals surface area contributed by atoms with Crippen molar-refractivity contribution in [3.63, 3.8) is 0 Å². The van der Waals surface area contributed by atoms with Crippen molar-refractivity contribution in [2.24, 2.45) is 0 Å². The highest BCUT2D eigenvalue weighted by molar-refractivity contribution is 7.92. The molecule has 7 heteroatoms. The summed E-state index contributed by atoms with van der Waals surface area (Å²) in [6.07, 6.45) is 3.08. The van der Waals surface area contributed by atoms with Crippen molar-refractivity contribution in [1.29, 1.82) is 0 Å². The lowest BCUT2D eigenvalue weighted by Gasteiger charge is -2.12. The van der Waals surface area contributed by atoms with Gasteiger partial charge in [0.1, 0.15) is 10.6 Å².